The molecule has 0 aliphatic rings. The number of aromatic nitrogens is 1. The molecule has 0 fully saturated rings. The van der Waals surface area contributed by atoms with E-state index in [-0.39, 0.29) is 11.8 Å². The van der Waals surface area contributed by atoms with Gasteiger partial charge in [0.2, 0.25) is 5.91 Å². The summed E-state index contributed by atoms with van der Waals surface area (Å²) >= 11 is 0. The molecule has 0 radical (unpaired) electrons. The molecule has 1 atom stereocenters. The molecule has 1 heterocycles. The second-order valence-corrected chi connectivity index (χ2v) is 4.70. The first-order valence-corrected chi connectivity index (χ1v) is 6.57. The Kier molecular flexibility index (Phi) is 4.47. The van der Waals surface area contributed by atoms with Crippen LogP contribution in [0.1, 0.15) is 19.8 Å². The Morgan fingerprint density at radius 2 is 2.21 bits per heavy atom. The van der Waals surface area contributed by atoms with E-state index in [0.717, 1.165) is 29.4 Å². The van der Waals surface area contributed by atoms with Crippen LogP contribution in [0.3, 0.4) is 0 Å². The van der Waals surface area contributed by atoms with E-state index in [0.29, 0.717) is 6.54 Å². The standard InChI is InChI=1S/C15H19N3O/c1-11(5-3-9-16)15(19)18-14-8-2-7-13-12(14)6-4-10-17-13/h2,4,6-8,10-11H,3,5,9,16H2,1H3,(H,18,19). The van der Waals surface area contributed by atoms with Gasteiger partial charge in [-0.1, -0.05) is 13.0 Å². The molecule has 4 heteroatoms. The lowest BCUT2D eigenvalue weighted by atomic mass is 10.0. The van der Waals surface area contributed by atoms with Crippen LogP contribution in [0.25, 0.3) is 10.9 Å². The van der Waals surface area contributed by atoms with Crippen molar-refractivity contribution in [2.75, 3.05) is 11.9 Å². The van der Waals surface area contributed by atoms with E-state index in [4.69, 9.17) is 5.73 Å². The Balaban J connectivity index is 2.15. The van der Waals surface area contributed by atoms with Crippen LogP contribution in [0.4, 0.5) is 5.69 Å². The van der Waals surface area contributed by atoms with Gasteiger partial charge in [0.05, 0.1) is 11.2 Å². The van der Waals surface area contributed by atoms with Gasteiger partial charge in [0.15, 0.2) is 0 Å². The molecule has 0 bridgehead atoms. The number of amides is 1. The number of benzene rings is 1. The zero-order valence-corrected chi connectivity index (χ0v) is 11.1. The van der Waals surface area contributed by atoms with Crippen LogP contribution in [-0.2, 0) is 4.79 Å². The van der Waals surface area contributed by atoms with E-state index in [2.05, 4.69) is 10.3 Å². The number of rotatable bonds is 5. The predicted molar refractivity (Wildman–Crippen MR) is 77.8 cm³/mol. The molecule has 2 aromatic rings. The zero-order valence-electron chi connectivity index (χ0n) is 11.1. The van der Waals surface area contributed by atoms with E-state index < -0.39 is 0 Å². The molecule has 0 aliphatic carbocycles. The minimum absolute atomic E-state index is 0.0320. The van der Waals surface area contributed by atoms with Crippen molar-refractivity contribution in [1.29, 1.82) is 0 Å². The maximum absolute atomic E-state index is 12.1. The SMILES string of the molecule is CC(CCCN)C(=O)Nc1cccc2ncccc12. The summed E-state index contributed by atoms with van der Waals surface area (Å²) in [6.45, 7) is 2.55. The highest BCUT2D eigenvalue weighted by Crippen LogP contribution is 2.22. The maximum atomic E-state index is 12.1. The lowest BCUT2D eigenvalue weighted by molar-refractivity contribution is -0.119. The first kappa shape index (κ1) is 13.5. The molecule has 1 amide bonds. The van der Waals surface area contributed by atoms with Crippen LogP contribution in [0.15, 0.2) is 36.5 Å². The van der Waals surface area contributed by atoms with Crippen molar-refractivity contribution in [2.45, 2.75) is 19.8 Å². The number of carbonyl (C=O) groups is 1. The van der Waals surface area contributed by atoms with Crippen molar-refractivity contribution in [1.82, 2.24) is 4.98 Å². The number of fused-ring (bicyclic) bond motifs is 1. The maximum Gasteiger partial charge on any atom is 0.227 e. The molecule has 3 N–H and O–H groups in total. The summed E-state index contributed by atoms with van der Waals surface area (Å²) in [5, 5.41) is 3.94. The topological polar surface area (TPSA) is 68.0 Å². The fraction of sp³-hybridized carbons (Fsp3) is 0.333. The van der Waals surface area contributed by atoms with Gasteiger partial charge in [-0.25, -0.2) is 0 Å². The molecule has 1 unspecified atom stereocenters. The summed E-state index contributed by atoms with van der Waals surface area (Å²) < 4.78 is 0. The monoisotopic (exact) mass is 257 g/mol. The van der Waals surface area contributed by atoms with Crippen molar-refractivity contribution in [3.63, 3.8) is 0 Å². The van der Waals surface area contributed by atoms with Gasteiger partial charge in [0, 0.05) is 17.5 Å². The van der Waals surface area contributed by atoms with Crippen molar-refractivity contribution in [2.24, 2.45) is 11.7 Å². The molecular formula is C15H19N3O. The number of hydrogen-bond donors (Lipinski definition) is 2. The van der Waals surface area contributed by atoms with Crippen LogP contribution in [0.5, 0.6) is 0 Å². The lowest BCUT2D eigenvalue weighted by Gasteiger charge is -2.13. The van der Waals surface area contributed by atoms with E-state index >= 15 is 0 Å². The number of nitrogens with two attached hydrogens (primary N) is 1. The molecule has 4 nitrogen and oxygen atoms in total. The fourth-order valence-corrected chi connectivity index (χ4v) is 2.02. The van der Waals surface area contributed by atoms with Crippen molar-refractivity contribution in [3.8, 4) is 0 Å². The van der Waals surface area contributed by atoms with E-state index in [9.17, 15) is 4.79 Å². The van der Waals surface area contributed by atoms with Gasteiger partial charge in [-0.3, -0.25) is 9.78 Å². The normalized spacial score (nSPS) is 12.3. The molecule has 19 heavy (non-hydrogen) atoms. The molecule has 0 saturated heterocycles. The Bertz CT molecular complexity index is 563. The van der Waals surface area contributed by atoms with E-state index in [1.165, 1.54) is 0 Å². The van der Waals surface area contributed by atoms with Gasteiger partial charge in [-0.15, -0.1) is 0 Å². The number of nitrogens with zero attached hydrogens (tertiary/aromatic N) is 1. The largest absolute Gasteiger partial charge is 0.330 e. The third-order valence-corrected chi connectivity index (χ3v) is 3.19. The molecule has 2 rings (SSSR count). The van der Waals surface area contributed by atoms with Gasteiger partial charge < -0.3 is 11.1 Å². The van der Waals surface area contributed by atoms with Crippen LogP contribution in [0.2, 0.25) is 0 Å². The molecule has 100 valence electrons. The Labute approximate surface area is 113 Å². The summed E-state index contributed by atoms with van der Waals surface area (Å²) in [6, 6.07) is 9.56. The average molecular weight is 257 g/mol. The third kappa shape index (κ3) is 3.29. The van der Waals surface area contributed by atoms with Crippen molar-refractivity contribution >= 4 is 22.5 Å². The van der Waals surface area contributed by atoms with Crippen molar-refractivity contribution in [3.05, 3.63) is 36.5 Å². The van der Waals surface area contributed by atoms with Crippen LogP contribution >= 0.6 is 0 Å². The van der Waals surface area contributed by atoms with Gasteiger partial charge in [-0.05, 0) is 43.7 Å². The van der Waals surface area contributed by atoms with Crippen molar-refractivity contribution < 1.29 is 4.79 Å². The Hall–Kier alpha value is -1.94. The van der Waals surface area contributed by atoms with E-state index in [1.807, 2.05) is 37.3 Å². The highest BCUT2D eigenvalue weighted by molar-refractivity contribution is 6.01. The first-order valence-electron chi connectivity index (χ1n) is 6.57. The van der Waals surface area contributed by atoms with Gasteiger partial charge in [0.1, 0.15) is 0 Å². The molecule has 0 saturated carbocycles. The minimum Gasteiger partial charge on any atom is -0.330 e. The molecular weight excluding hydrogens is 238 g/mol. The van der Waals surface area contributed by atoms with Crippen LogP contribution in [-0.4, -0.2) is 17.4 Å². The van der Waals surface area contributed by atoms with Crippen LogP contribution < -0.4 is 11.1 Å². The molecule has 0 aliphatic heterocycles. The fourth-order valence-electron chi connectivity index (χ4n) is 2.02. The summed E-state index contributed by atoms with van der Waals surface area (Å²) in [6.07, 6.45) is 3.43. The summed E-state index contributed by atoms with van der Waals surface area (Å²) in [5.74, 6) is 0.000260. The average Bonchev–Trinajstić information content (AvgIpc) is 2.45. The highest BCUT2D eigenvalue weighted by Gasteiger charge is 2.13. The summed E-state index contributed by atoms with van der Waals surface area (Å²) in [5.41, 5.74) is 7.16. The predicted octanol–water partition coefficient (Wildman–Crippen LogP) is 2.55. The number of hydrogen-bond acceptors (Lipinski definition) is 3. The van der Waals surface area contributed by atoms with Crippen LogP contribution in [0, 0.1) is 5.92 Å². The first-order chi connectivity index (χ1) is 9.22. The number of nitrogens with one attached hydrogen (secondary N) is 1. The summed E-state index contributed by atoms with van der Waals surface area (Å²) in [7, 11) is 0. The van der Waals surface area contributed by atoms with E-state index in [1.54, 1.807) is 6.20 Å². The summed E-state index contributed by atoms with van der Waals surface area (Å²) in [4.78, 5) is 16.4. The second-order valence-electron chi connectivity index (χ2n) is 4.70. The number of anilines is 1. The Morgan fingerprint density at radius 1 is 1.37 bits per heavy atom. The quantitative estimate of drug-likeness (QED) is 0.865. The number of carbonyl (C=O) groups excluding carboxylic acids is 1. The molecule has 1 aromatic carbocycles. The third-order valence-electron chi connectivity index (χ3n) is 3.19. The second kappa shape index (κ2) is 6.29. The minimum atomic E-state index is -0.0320. The van der Waals surface area contributed by atoms with Gasteiger partial charge in [-0.2, -0.15) is 0 Å². The molecule has 1 aromatic heterocycles. The highest BCUT2D eigenvalue weighted by atomic mass is 16.1. The Morgan fingerprint density at radius 3 is 3.00 bits per heavy atom. The lowest BCUT2D eigenvalue weighted by Crippen LogP contribution is -2.21. The molecule has 0 spiro atoms. The van der Waals surface area contributed by atoms with Gasteiger partial charge in [0.25, 0.3) is 0 Å². The smallest absolute Gasteiger partial charge is 0.227 e. The zero-order chi connectivity index (χ0) is 13.7. The number of pyridine rings is 1. The van der Waals surface area contributed by atoms with Gasteiger partial charge >= 0.3 is 0 Å².